The van der Waals surface area contributed by atoms with Crippen molar-refractivity contribution in [3.05, 3.63) is 59.9 Å². The third-order valence-corrected chi connectivity index (χ3v) is 2.78. The van der Waals surface area contributed by atoms with Crippen molar-refractivity contribution in [1.29, 1.82) is 0 Å². The Kier molecular flexibility index (Phi) is 2.99. The highest BCUT2D eigenvalue weighted by Crippen LogP contribution is 2.26. The molecule has 0 bridgehead atoms. The summed E-state index contributed by atoms with van der Waals surface area (Å²) >= 11 is 0. The number of aliphatic hydroxyl groups is 1. The highest BCUT2D eigenvalue weighted by atomic mass is 19.1. The van der Waals surface area contributed by atoms with Gasteiger partial charge in [0.2, 0.25) is 0 Å². The van der Waals surface area contributed by atoms with Crippen molar-refractivity contribution in [2.75, 3.05) is 0 Å². The van der Waals surface area contributed by atoms with Crippen molar-refractivity contribution in [3.63, 3.8) is 0 Å². The molecular weight excluding hydrogens is 215 g/mol. The SMILES string of the molecule is CC(C)(O)c1ccc(-c2ccccc2F)cc1. The number of hydrogen-bond acceptors (Lipinski definition) is 1. The monoisotopic (exact) mass is 230 g/mol. The smallest absolute Gasteiger partial charge is 0.131 e. The molecule has 2 heteroatoms. The maximum absolute atomic E-state index is 13.6. The van der Waals surface area contributed by atoms with Crippen molar-refractivity contribution in [2.45, 2.75) is 19.4 Å². The number of halogens is 1. The molecule has 0 spiro atoms. The topological polar surface area (TPSA) is 20.2 Å². The Morgan fingerprint density at radius 2 is 1.53 bits per heavy atom. The molecule has 2 aromatic carbocycles. The Labute approximate surface area is 101 Å². The average molecular weight is 230 g/mol. The van der Waals surface area contributed by atoms with Crippen LogP contribution in [0.15, 0.2) is 48.5 Å². The van der Waals surface area contributed by atoms with Crippen LogP contribution in [0.25, 0.3) is 11.1 Å². The van der Waals surface area contributed by atoms with Gasteiger partial charge in [-0.25, -0.2) is 4.39 Å². The molecule has 88 valence electrons. The van der Waals surface area contributed by atoms with Crippen LogP contribution in [-0.4, -0.2) is 5.11 Å². The van der Waals surface area contributed by atoms with Gasteiger partial charge in [-0.15, -0.1) is 0 Å². The fraction of sp³-hybridized carbons (Fsp3) is 0.200. The summed E-state index contributed by atoms with van der Waals surface area (Å²) in [6.07, 6.45) is 0. The van der Waals surface area contributed by atoms with Crippen molar-refractivity contribution in [1.82, 2.24) is 0 Å². The summed E-state index contributed by atoms with van der Waals surface area (Å²) in [6.45, 7) is 3.45. The predicted molar refractivity (Wildman–Crippen MR) is 67.1 cm³/mol. The quantitative estimate of drug-likeness (QED) is 0.833. The van der Waals surface area contributed by atoms with E-state index >= 15 is 0 Å². The zero-order valence-corrected chi connectivity index (χ0v) is 9.94. The third-order valence-electron chi connectivity index (χ3n) is 2.78. The maximum atomic E-state index is 13.6. The van der Waals surface area contributed by atoms with Gasteiger partial charge in [0.15, 0.2) is 0 Å². The van der Waals surface area contributed by atoms with Crippen LogP contribution in [0.3, 0.4) is 0 Å². The van der Waals surface area contributed by atoms with E-state index < -0.39 is 5.60 Å². The summed E-state index contributed by atoms with van der Waals surface area (Å²) in [5, 5.41) is 9.83. The van der Waals surface area contributed by atoms with Gasteiger partial charge in [0.25, 0.3) is 0 Å². The zero-order valence-electron chi connectivity index (χ0n) is 9.94. The van der Waals surface area contributed by atoms with E-state index in [1.54, 1.807) is 26.0 Å². The van der Waals surface area contributed by atoms with Crippen LogP contribution in [0.4, 0.5) is 4.39 Å². The Morgan fingerprint density at radius 1 is 0.941 bits per heavy atom. The lowest BCUT2D eigenvalue weighted by Crippen LogP contribution is -2.14. The summed E-state index contributed by atoms with van der Waals surface area (Å²) in [5.74, 6) is -0.233. The molecular formula is C15H15FO. The lowest BCUT2D eigenvalue weighted by atomic mass is 9.95. The summed E-state index contributed by atoms with van der Waals surface area (Å²) < 4.78 is 13.6. The lowest BCUT2D eigenvalue weighted by molar-refractivity contribution is 0.0786. The summed E-state index contributed by atoms with van der Waals surface area (Å²) in [7, 11) is 0. The van der Waals surface area contributed by atoms with Crippen LogP contribution < -0.4 is 0 Å². The molecule has 0 aliphatic heterocycles. The highest BCUT2D eigenvalue weighted by molar-refractivity contribution is 5.64. The Bertz CT molecular complexity index is 509. The summed E-state index contributed by atoms with van der Waals surface area (Å²) in [5.41, 5.74) is 1.34. The van der Waals surface area contributed by atoms with Crippen molar-refractivity contribution < 1.29 is 9.50 Å². The second-order valence-corrected chi connectivity index (χ2v) is 4.62. The first-order valence-electron chi connectivity index (χ1n) is 5.56. The second kappa shape index (κ2) is 4.30. The number of benzene rings is 2. The normalized spacial score (nSPS) is 11.5. The Morgan fingerprint density at radius 3 is 2.06 bits per heavy atom. The van der Waals surface area contributed by atoms with Crippen LogP contribution >= 0.6 is 0 Å². The van der Waals surface area contributed by atoms with Gasteiger partial charge in [0.05, 0.1) is 5.60 Å². The van der Waals surface area contributed by atoms with Crippen LogP contribution in [0.1, 0.15) is 19.4 Å². The standard InChI is InChI=1S/C15H15FO/c1-15(2,17)12-9-7-11(8-10-12)13-5-3-4-6-14(13)16/h3-10,17H,1-2H3. The molecule has 0 aliphatic carbocycles. The van der Waals surface area contributed by atoms with Gasteiger partial charge in [-0.3, -0.25) is 0 Å². The van der Waals surface area contributed by atoms with Crippen LogP contribution in [0.2, 0.25) is 0 Å². The molecule has 0 heterocycles. The predicted octanol–water partition coefficient (Wildman–Crippen LogP) is 3.72. The molecule has 17 heavy (non-hydrogen) atoms. The molecule has 1 N–H and O–H groups in total. The highest BCUT2D eigenvalue weighted by Gasteiger charge is 2.15. The molecule has 0 saturated carbocycles. The van der Waals surface area contributed by atoms with Crippen molar-refractivity contribution >= 4 is 0 Å². The van der Waals surface area contributed by atoms with E-state index in [0.29, 0.717) is 5.56 Å². The van der Waals surface area contributed by atoms with Crippen LogP contribution in [-0.2, 0) is 5.60 Å². The lowest BCUT2D eigenvalue weighted by Gasteiger charge is -2.18. The van der Waals surface area contributed by atoms with Crippen LogP contribution in [0.5, 0.6) is 0 Å². The molecule has 2 rings (SSSR count). The van der Waals surface area contributed by atoms with E-state index in [1.165, 1.54) is 6.07 Å². The summed E-state index contributed by atoms with van der Waals surface area (Å²) in [4.78, 5) is 0. The van der Waals surface area contributed by atoms with Crippen LogP contribution in [0, 0.1) is 5.82 Å². The van der Waals surface area contributed by atoms with Gasteiger partial charge in [0, 0.05) is 5.56 Å². The minimum Gasteiger partial charge on any atom is -0.386 e. The Hall–Kier alpha value is -1.67. The van der Waals surface area contributed by atoms with E-state index in [4.69, 9.17) is 0 Å². The van der Waals surface area contributed by atoms with Gasteiger partial charge in [-0.05, 0) is 31.0 Å². The van der Waals surface area contributed by atoms with Gasteiger partial charge in [-0.1, -0.05) is 42.5 Å². The minimum atomic E-state index is -0.867. The molecule has 0 aromatic heterocycles. The number of rotatable bonds is 2. The fourth-order valence-electron chi connectivity index (χ4n) is 1.75. The van der Waals surface area contributed by atoms with Crippen molar-refractivity contribution in [2.24, 2.45) is 0 Å². The maximum Gasteiger partial charge on any atom is 0.131 e. The Balaban J connectivity index is 2.40. The largest absolute Gasteiger partial charge is 0.386 e. The van der Waals surface area contributed by atoms with Gasteiger partial charge in [0.1, 0.15) is 5.82 Å². The van der Waals surface area contributed by atoms with Gasteiger partial charge < -0.3 is 5.11 Å². The fourth-order valence-corrected chi connectivity index (χ4v) is 1.75. The first-order valence-corrected chi connectivity index (χ1v) is 5.56. The van der Waals surface area contributed by atoms with E-state index in [0.717, 1.165) is 11.1 Å². The molecule has 2 aromatic rings. The van der Waals surface area contributed by atoms with E-state index in [9.17, 15) is 9.50 Å². The minimum absolute atomic E-state index is 0.233. The zero-order chi connectivity index (χ0) is 12.5. The van der Waals surface area contributed by atoms with Gasteiger partial charge >= 0.3 is 0 Å². The second-order valence-electron chi connectivity index (χ2n) is 4.62. The van der Waals surface area contributed by atoms with E-state index in [1.807, 2.05) is 30.3 Å². The third kappa shape index (κ3) is 2.53. The number of hydrogen-bond donors (Lipinski definition) is 1. The van der Waals surface area contributed by atoms with Gasteiger partial charge in [-0.2, -0.15) is 0 Å². The molecule has 0 aliphatic rings. The van der Waals surface area contributed by atoms with E-state index in [-0.39, 0.29) is 5.82 Å². The molecule has 0 unspecified atom stereocenters. The first-order chi connectivity index (χ1) is 7.98. The molecule has 1 nitrogen and oxygen atoms in total. The van der Waals surface area contributed by atoms with E-state index in [2.05, 4.69) is 0 Å². The van der Waals surface area contributed by atoms with Crippen molar-refractivity contribution in [3.8, 4) is 11.1 Å². The molecule has 0 atom stereocenters. The molecule has 0 radical (unpaired) electrons. The molecule has 0 saturated heterocycles. The molecule has 0 fully saturated rings. The average Bonchev–Trinajstić information content (AvgIpc) is 2.29. The molecule has 0 amide bonds. The summed E-state index contributed by atoms with van der Waals surface area (Å²) in [6, 6.07) is 14.0. The first kappa shape index (κ1) is 11.8.